The number of benzene rings is 1. The van der Waals surface area contributed by atoms with E-state index in [1.807, 2.05) is 37.3 Å². The first-order chi connectivity index (χ1) is 16.8. The molecule has 1 fully saturated rings. The summed E-state index contributed by atoms with van der Waals surface area (Å²) in [7, 11) is -9.51. The molecule has 196 valence electrons. The third-order valence-electron chi connectivity index (χ3n) is 5.47. The van der Waals surface area contributed by atoms with Crippen LogP contribution in [0.5, 0.6) is 0 Å². The van der Waals surface area contributed by atoms with Crippen molar-refractivity contribution in [2.24, 2.45) is 0 Å². The highest BCUT2D eigenvalue weighted by Gasteiger charge is 2.46. The van der Waals surface area contributed by atoms with Gasteiger partial charge in [0.05, 0.1) is 24.5 Å². The highest BCUT2D eigenvalue weighted by atomic mass is 35.5. The average molecular weight is 564 g/mol. The van der Waals surface area contributed by atoms with E-state index in [0.29, 0.717) is 5.82 Å². The molecule has 17 heteroatoms. The minimum Gasteiger partial charge on any atom is -0.387 e. The zero-order valence-electron chi connectivity index (χ0n) is 18.7. The molecule has 3 aromatic rings. The molecule has 1 aromatic carbocycles. The molecule has 2 aromatic heterocycles. The predicted molar refractivity (Wildman–Crippen MR) is 127 cm³/mol. The van der Waals surface area contributed by atoms with E-state index in [-0.39, 0.29) is 22.7 Å². The van der Waals surface area contributed by atoms with Crippen molar-refractivity contribution in [1.29, 1.82) is 0 Å². The lowest BCUT2D eigenvalue weighted by Crippen LogP contribution is -2.33. The number of aliphatic hydroxyl groups is 2. The number of fused-ring (bicyclic) bond motifs is 1. The molecule has 36 heavy (non-hydrogen) atoms. The number of nitrogens with one attached hydrogen (secondary N) is 1. The minimum atomic E-state index is -4.83. The van der Waals surface area contributed by atoms with Crippen LogP contribution < -0.4 is 5.32 Å². The van der Waals surface area contributed by atoms with Crippen molar-refractivity contribution in [3.05, 3.63) is 53.1 Å². The molecule has 6 atom stereocenters. The summed E-state index contributed by atoms with van der Waals surface area (Å²) < 4.78 is 34.6. The van der Waals surface area contributed by atoms with Gasteiger partial charge in [0, 0.05) is 0 Å². The van der Waals surface area contributed by atoms with Crippen LogP contribution in [0.25, 0.3) is 5.65 Å². The van der Waals surface area contributed by atoms with Crippen molar-refractivity contribution in [2.75, 3.05) is 17.8 Å². The summed E-state index contributed by atoms with van der Waals surface area (Å²) >= 11 is 6.13. The smallest absolute Gasteiger partial charge is 0.340 e. The normalized spacial score (nSPS) is 25.1. The van der Waals surface area contributed by atoms with Crippen LogP contribution in [-0.2, 0) is 18.4 Å². The Labute approximate surface area is 209 Å². The standard InChI is InChI=1S/C19H24ClN5O9P2/c1-10(11-5-3-2-4-6-11)22-17-18-21-7-12(25(18)24-19(20)23-17)16-15(27)14(26)13(34-16)8-33-36(31,32)9-35(28,29)30/h2-7,10,13-16,26-27H,8-9H2,1H3,(H,31,32)(H,22,23,24)(H2,28,29,30)/t10-,13-,14-,15-,16+/m1/s1. The molecule has 0 radical (unpaired) electrons. The van der Waals surface area contributed by atoms with Crippen LogP contribution in [0.2, 0.25) is 5.28 Å². The number of ether oxygens (including phenoxy) is 1. The molecule has 1 unspecified atom stereocenters. The molecule has 0 amide bonds. The fourth-order valence-corrected chi connectivity index (χ4v) is 6.52. The molecule has 1 aliphatic heterocycles. The molecule has 14 nitrogen and oxygen atoms in total. The van der Waals surface area contributed by atoms with Crippen molar-refractivity contribution < 1.29 is 43.3 Å². The summed E-state index contributed by atoms with van der Waals surface area (Å²) in [5, 5.41) is 28.2. The molecule has 1 aliphatic rings. The number of rotatable bonds is 9. The predicted octanol–water partition coefficient (Wildman–Crippen LogP) is 1.45. The molecule has 3 heterocycles. The highest BCUT2D eigenvalue weighted by Crippen LogP contribution is 2.55. The van der Waals surface area contributed by atoms with Crippen LogP contribution in [0.3, 0.4) is 0 Å². The van der Waals surface area contributed by atoms with Crippen LogP contribution >= 0.6 is 26.8 Å². The topological polar surface area (TPSA) is 209 Å². The van der Waals surface area contributed by atoms with Gasteiger partial charge < -0.3 is 39.5 Å². The Hall–Kier alpha value is -1.96. The van der Waals surface area contributed by atoms with E-state index in [2.05, 4.69) is 20.4 Å². The molecule has 0 spiro atoms. The zero-order chi connectivity index (χ0) is 26.3. The van der Waals surface area contributed by atoms with Crippen LogP contribution in [0.4, 0.5) is 5.82 Å². The van der Waals surface area contributed by atoms with Crippen LogP contribution in [0.15, 0.2) is 36.5 Å². The highest BCUT2D eigenvalue weighted by molar-refractivity contribution is 7.70. The Morgan fingerprint density at radius 1 is 1.19 bits per heavy atom. The summed E-state index contributed by atoms with van der Waals surface area (Å²) in [4.78, 5) is 36.0. The van der Waals surface area contributed by atoms with Gasteiger partial charge in [-0.1, -0.05) is 30.3 Å². The third-order valence-corrected chi connectivity index (χ3v) is 9.09. The van der Waals surface area contributed by atoms with Gasteiger partial charge in [-0.3, -0.25) is 9.13 Å². The van der Waals surface area contributed by atoms with Gasteiger partial charge in [0.1, 0.15) is 24.4 Å². The van der Waals surface area contributed by atoms with Crippen molar-refractivity contribution in [1.82, 2.24) is 19.6 Å². The van der Waals surface area contributed by atoms with E-state index in [1.54, 1.807) is 0 Å². The van der Waals surface area contributed by atoms with Gasteiger partial charge in [0.15, 0.2) is 17.4 Å². The van der Waals surface area contributed by atoms with Crippen molar-refractivity contribution in [3.63, 3.8) is 0 Å². The first-order valence-electron chi connectivity index (χ1n) is 10.6. The summed E-state index contributed by atoms with van der Waals surface area (Å²) in [6, 6.07) is 9.40. The van der Waals surface area contributed by atoms with Gasteiger partial charge in [0.2, 0.25) is 5.28 Å². The number of imidazole rings is 1. The fraction of sp³-hybridized carbons (Fsp3) is 0.421. The number of nitrogens with zero attached hydrogens (tertiary/aromatic N) is 4. The number of hydrogen-bond donors (Lipinski definition) is 6. The van der Waals surface area contributed by atoms with E-state index in [9.17, 15) is 24.2 Å². The largest absolute Gasteiger partial charge is 0.387 e. The zero-order valence-corrected chi connectivity index (χ0v) is 21.2. The maximum atomic E-state index is 11.9. The number of halogens is 1. The summed E-state index contributed by atoms with van der Waals surface area (Å²) in [5.74, 6) is -1.08. The molecule has 6 N–H and O–H groups in total. The molecule has 0 saturated carbocycles. The monoisotopic (exact) mass is 563 g/mol. The second kappa shape index (κ2) is 10.4. The van der Waals surface area contributed by atoms with Crippen LogP contribution in [0, 0.1) is 0 Å². The fourth-order valence-electron chi connectivity index (χ4n) is 3.79. The molecule has 4 rings (SSSR count). The number of hydrogen-bond acceptors (Lipinski definition) is 10. The van der Waals surface area contributed by atoms with Crippen molar-refractivity contribution in [3.8, 4) is 0 Å². The van der Waals surface area contributed by atoms with Gasteiger partial charge in [-0.25, -0.2) is 9.50 Å². The SMILES string of the molecule is C[C@@H](Nc1nc(Cl)nn2c([C@@H]3O[C@H](COP(=O)(O)CP(=O)(O)O)[C@@H](O)[C@H]3O)cnc12)c1ccccc1. The molecule has 1 saturated heterocycles. The third kappa shape index (κ3) is 6.12. The first kappa shape index (κ1) is 27.1. The number of aliphatic hydroxyl groups excluding tert-OH is 2. The maximum Gasteiger partial charge on any atom is 0.340 e. The Bertz CT molecular complexity index is 1320. The average Bonchev–Trinajstić information content (AvgIpc) is 3.32. The van der Waals surface area contributed by atoms with Gasteiger partial charge in [-0.05, 0) is 24.1 Å². The second-order valence-electron chi connectivity index (χ2n) is 8.24. The van der Waals surface area contributed by atoms with E-state index in [1.165, 1.54) is 10.7 Å². The second-order valence-corrected chi connectivity index (χ2v) is 12.6. The van der Waals surface area contributed by atoms with Gasteiger partial charge in [-0.2, -0.15) is 4.98 Å². The molecule has 0 bridgehead atoms. The molecular weight excluding hydrogens is 540 g/mol. The van der Waals surface area contributed by atoms with Gasteiger partial charge in [0.25, 0.3) is 0 Å². The lowest BCUT2D eigenvalue weighted by molar-refractivity contribution is -0.0204. The van der Waals surface area contributed by atoms with Crippen LogP contribution in [-0.4, -0.2) is 75.3 Å². The first-order valence-corrected chi connectivity index (χ1v) is 14.5. The van der Waals surface area contributed by atoms with Gasteiger partial charge in [-0.15, -0.1) is 5.10 Å². The molecule has 0 aliphatic carbocycles. The Balaban J connectivity index is 1.55. The Morgan fingerprint density at radius 2 is 1.89 bits per heavy atom. The quantitative estimate of drug-likeness (QED) is 0.204. The van der Waals surface area contributed by atoms with E-state index >= 15 is 0 Å². The lowest BCUT2D eigenvalue weighted by atomic mass is 10.1. The molecular formula is C19H24ClN5O9P2. The lowest BCUT2D eigenvalue weighted by Gasteiger charge is -2.18. The summed E-state index contributed by atoms with van der Waals surface area (Å²) in [6.45, 7) is 1.21. The Morgan fingerprint density at radius 3 is 2.56 bits per heavy atom. The maximum absolute atomic E-state index is 11.9. The summed E-state index contributed by atoms with van der Waals surface area (Å²) in [5.41, 5.74) is 1.46. The van der Waals surface area contributed by atoms with E-state index in [4.69, 9.17) is 30.6 Å². The van der Waals surface area contributed by atoms with Crippen LogP contribution in [0.1, 0.15) is 30.3 Å². The van der Waals surface area contributed by atoms with Crippen molar-refractivity contribution in [2.45, 2.75) is 37.4 Å². The Kier molecular flexibility index (Phi) is 7.84. The summed E-state index contributed by atoms with van der Waals surface area (Å²) in [6.07, 6.45) is -4.18. The van der Waals surface area contributed by atoms with E-state index < -0.39 is 52.1 Å². The number of aromatic nitrogens is 4. The number of anilines is 1. The van der Waals surface area contributed by atoms with Crippen molar-refractivity contribution >= 4 is 38.3 Å². The van der Waals surface area contributed by atoms with Gasteiger partial charge >= 0.3 is 15.2 Å². The minimum absolute atomic E-state index is 0.129. The van der Waals surface area contributed by atoms with E-state index in [0.717, 1.165) is 5.56 Å².